The summed E-state index contributed by atoms with van der Waals surface area (Å²) < 4.78 is 11.1. The molecule has 0 bridgehead atoms. The largest absolute Gasteiger partial charge is 0.394 e. The maximum atomic E-state index is 13.2. The van der Waals surface area contributed by atoms with E-state index in [1.807, 2.05) is 0 Å². The minimum Gasteiger partial charge on any atom is -0.394 e. The van der Waals surface area contributed by atoms with E-state index in [0.29, 0.717) is 19.3 Å². The summed E-state index contributed by atoms with van der Waals surface area (Å²) in [5.74, 6) is -0.707. The fourth-order valence-electron chi connectivity index (χ4n) is 10.4. The lowest BCUT2D eigenvalue weighted by Crippen LogP contribution is -2.60. The molecule has 11 nitrogen and oxygen atoms in total. The minimum atomic E-state index is -1.67. The third-order valence-corrected chi connectivity index (χ3v) is 15.7. The van der Waals surface area contributed by atoms with Crippen LogP contribution in [0, 0.1) is 0 Å². The van der Waals surface area contributed by atoms with E-state index in [0.717, 1.165) is 44.9 Å². The molecule has 448 valence electrons. The van der Waals surface area contributed by atoms with Crippen molar-refractivity contribution >= 4 is 5.91 Å². The van der Waals surface area contributed by atoms with E-state index in [2.05, 4.69) is 55.6 Å². The van der Waals surface area contributed by atoms with Gasteiger partial charge >= 0.3 is 0 Å². The molecule has 9 atom stereocenters. The van der Waals surface area contributed by atoms with Gasteiger partial charge in [0, 0.05) is 0 Å². The Balaban J connectivity index is 2.25. The van der Waals surface area contributed by atoms with Crippen molar-refractivity contribution in [2.45, 2.75) is 358 Å². The first-order valence-corrected chi connectivity index (χ1v) is 32.4. The molecule has 1 aliphatic heterocycles. The highest BCUT2D eigenvalue weighted by atomic mass is 16.7. The van der Waals surface area contributed by atoms with Gasteiger partial charge in [-0.25, -0.2) is 0 Å². The number of carbonyl (C=O) groups excluding carboxylic acids is 1. The normalized spacial score (nSPS) is 19.8. The predicted molar refractivity (Wildman–Crippen MR) is 316 cm³/mol. The van der Waals surface area contributed by atoms with Crippen LogP contribution in [0.2, 0.25) is 0 Å². The maximum Gasteiger partial charge on any atom is 0.249 e. The smallest absolute Gasteiger partial charge is 0.249 e. The lowest BCUT2D eigenvalue weighted by Gasteiger charge is -2.40. The standard InChI is InChI=1S/C65H123NO10/c1-3-5-7-9-11-13-15-17-19-21-23-25-26-27-28-29-30-31-32-33-35-37-39-41-43-45-47-49-51-53-58(69)64(74)66-56(55-75-65-63(73)62(72)61(71)59(54-67)76-65)60(70)57(68)52-50-48-46-44-42-40-38-36-34-24-22-20-18-16-14-12-10-8-6-4-2/h20,22,36,38,44,46,56-63,65,67-73H,3-19,21,23-35,37,39-43,45,47-55H2,1-2H3,(H,66,74)/b22-20+,38-36+,46-44+. The van der Waals surface area contributed by atoms with Crippen molar-refractivity contribution in [3.63, 3.8) is 0 Å². The summed E-state index contributed by atoms with van der Waals surface area (Å²) in [5.41, 5.74) is 0. The fourth-order valence-corrected chi connectivity index (χ4v) is 10.4. The topological polar surface area (TPSA) is 189 Å². The Labute approximate surface area is 467 Å². The van der Waals surface area contributed by atoms with Gasteiger partial charge in [0.25, 0.3) is 0 Å². The molecule has 0 aromatic heterocycles. The third-order valence-electron chi connectivity index (χ3n) is 15.7. The average molecular weight is 1080 g/mol. The highest BCUT2D eigenvalue weighted by Gasteiger charge is 2.44. The molecule has 0 aromatic carbocycles. The number of carbonyl (C=O) groups is 1. The van der Waals surface area contributed by atoms with E-state index in [1.165, 1.54) is 212 Å². The van der Waals surface area contributed by atoms with Crippen LogP contribution in [0.25, 0.3) is 0 Å². The Hall–Kier alpha value is -1.67. The Morgan fingerprint density at radius 1 is 0.447 bits per heavy atom. The number of hydrogen-bond acceptors (Lipinski definition) is 10. The number of ether oxygens (including phenoxy) is 2. The van der Waals surface area contributed by atoms with E-state index < -0.39 is 74.2 Å². The van der Waals surface area contributed by atoms with Crippen molar-refractivity contribution in [2.75, 3.05) is 13.2 Å². The molecule has 9 unspecified atom stereocenters. The summed E-state index contributed by atoms with van der Waals surface area (Å²) in [4.78, 5) is 13.2. The van der Waals surface area contributed by atoms with E-state index >= 15 is 0 Å². The molecule has 0 saturated carbocycles. The van der Waals surface area contributed by atoms with Crippen molar-refractivity contribution in [3.8, 4) is 0 Å². The predicted octanol–water partition coefficient (Wildman–Crippen LogP) is 14.6. The van der Waals surface area contributed by atoms with Crippen LogP contribution in [0.15, 0.2) is 36.5 Å². The number of amides is 1. The van der Waals surface area contributed by atoms with Crippen molar-refractivity contribution in [2.24, 2.45) is 0 Å². The minimum absolute atomic E-state index is 0.243. The number of hydrogen-bond donors (Lipinski definition) is 8. The third kappa shape index (κ3) is 41.4. The zero-order valence-electron chi connectivity index (χ0n) is 49.2. The van der Waals surface area contributed by atoms with Crippen molar-refractivity contribution in [1.82, 2.24) is 5.32 Å². The van der Waals surface area contributed by atoms with Gasteiger partial charge in [-0.1, -0.05) is 275 Å². The van der Waals surface area contributed by atoms with Crippen LogP contribution >= 0.6 is 0 Å². The number of aliphatic hydroxyl groups is 7. The van der Waals surface area contributed by atoms with Gasteiger partial charge in [0.1, 0.15) is 36.6 Å². The van der Waals surface area contributed by atoms with E-state index in [4.69, 9.17) is 9.47 Å². The lowest BCUT2D eigenvalue weighted by atomic mass is 9.98. The second kappa shape index (κ2) is 53.9. The summed E-state index contributed by atoms with van der Waals surface area (Å²) in [6.07, 6.45) is 56.5. The number of aliphatic hydroxyl groups excluding tert-OH is 7. The zero-order chi connectivity index (χ0) is 55.4. The molecule has 0 spiro atoms. The SMILES string of the molecule is CCCCCCCCC/C=C/CC/C=C/CC/C=C/CCCC(O)C(O)C(COC1OC(CO)C(O)C(O)C1O)NC(=O)C(O)CCCCCCCCCCCCCCCCCCCCCCCCCCCCCCC. The molecule has 11 heteroatoms. The lowest BCUT2D eigenvalue weighted by molar-refractivity contribution is -0.303. The highest BCUT2D eigenvalue weighted by Crippen LogP contribution is 2.24. The summed E-state index contributed by atoms with van der Waals surface area (Å²) in [6.45, 7) is 3.47. The molecule has 1 rings (SSSR count). The molecule has 0 aromatic rings. The summed E-state index contributed by atoms with van der Waals surface area (Å²) in [5, 5.41) is 76.3. The van der Waals surface area contributed by atoms with Crippen LogP contribution in [0.3, 0.4) is 0 Å². The monoisotopic (exact) mass is 1080 g/mol. The second-order valence-electron chi connectivity index (χ2n) is 22.8. The van der Waals surface area contributed by atoms with Gasteiger partial charge in [0.2, 0.25) is 5.91 Å². The van der Waals surface area contributed by atoms with Crippen LogP contribution in [0.4, 0.5) is 0 Å². The second-order valence-corrected chi connectivity index (χ2v) is 22.8. The van der Waals surface area contributed by atoms with Crippen LogP contribution < -0.4 is 5.32 Å². The summed E-state index contributed by atoms with van der Waals surface area (Å²) >= 11 is 0. The molecule has 1 aliphatic rings. The quantitative estimate of drug-likeness (QED) is 0.0215. The Morgan fingerprint density at radius 2 is 0.789 bits per heavy atom. The number of allylic oxidation sites excluding steroid dienone is 6. The maximum absolute atomic E-state index is 13.2. The van der Waals surface area contributed by atoms with Crippen LogP contribution in [-0.4, -0.2) is 110 Å². The Kier molecular flexibility index (Phi) is 51.3. The molecule has 1 heterocycles. The molecule has 1 saturated heterocycles. The first kappa shape index (κ1) is 72.3. The molecule has 1 amide bonds. The van der Waals surface area contributed by atoms with Crippen molar-refractivity contribution in [1.29, 1.82) is 0 Å². The highest BCUT2D eigenvalue weighted by molar-refractivity contribution is 5.80. The van der Waals surface area contributed by atoms with Crippen molar-refractivity contribution in [3.05, 3.63) is 36.5 Å². The van der Waals surface area contributed by atoms with Gasteiger partial charge in [-0.3, -0.25) is 4.79 Å². The van der Waals surface area contributed by atoms with Crippen LogP contribution in [-0.2, 0) is 14.3 Å². The fraction of sp³-hybridized carbons (Fsp3) is 0.892. The van der Waals surface area contributed by atoms with Crippen molar-refractivity contribution < 1.29 is 50.0 Å². The number of nitrogens with one attached hydrogen (secondary N) is 1. The molecule has 1 fully saturated rings. The first-order chi connectivity index (χ1) is 37.2. The summed E-state index contributed by atoms with van der Waals surface area (Å²) in [6, 6.07) is -1.19. The van der Waals surface area contributed by atoms with Crippen LogP contribution in [0.1, 0.15) is 303 Å². The Bertz CT molecular complexity index is 1330. The first-order valence-electron chi connectivity index (χ1n) is 32.4. The summed E-state index contributed by atoms with van der Waals surface area (Å²) in [7, 11) is 0. The van der Waals surface area contributed by atoms with Crippen LogP contribution in [0.5, 0.6) is 0 Å². The molecular formula is C65H123NO10. The van der Waals surface area contributed by atoms with E-state index in [9.17, 15) is 40.5 Å². The molecular weight excluding hydrogens is 955 g/mol. The van der Waals surface area contributed by atoms with Gasteiger partial charge in [-0.15, -0.1) is 0 Å². The molecule has 76 heavy (non-hydrogen) atoms. The zero-order valence-corrected chi connectivity index (χ0v) is 49.2. The molecule has 0 radical (unpaired) electrons. The number of unbranched alkanes of at least 4 members (excludes halogenated alkanes) is 38. The molecule has 8 N–H and O–H groups in total. The average Bonchev–Trinajstić information content (AvgIpc) is 3.42. The van der Waals surface area contributed by atoms with E-state index in [1.54, 1.807) is 0 Å². The van der Waals surface area contributed by atoms with E-state index in [-0.39, 0.29) is 12.8 Å². The van der Waals surface area contributed by atoms with Gasteiger partial charge in [0.05, 0.1) is 25.4 Å². The van der Waals surface area contributed by atoms with Gasteiger partial charge in [0.15, 0.2) is 6.29 Å². The number of rotatable bonds is 56. The molecule has 0 aliphatic carbocycles. The van der Waals surface area contributed by atoms with Gasteiger partial charge in [-0.2, -0.15) is 0 Å². The Morgan fingerprint density at radius 3 is 1.17 bits per heavy atom. The van der Waals surface area contributed by atoms with Gasteiger partial charge in [-0.05, 0) is 64.2 Å². The van der Waals surface area contributed by atoms with Gasteiger partial charge < -0.3 is 50.5 Å².